The van der Waals surface area contributed by atoms with Crippen LogP contribution in [0.3, 0.4) is 0 Å². The van der Waals surface area contributed by atoms with Gasteiger partial charge in [-0.3, -0.25) is 0 Å². The van der Waals surface area contributed by atoms with Crippen molar-refractivity contribution in [2.45, 2.75) is 6.92 Å². The largest absolute Gasteiger partial charge is 0.389 e. The fourth-order valence-electron chi connectivity index (χ4n) is 2.07. The number of thiazole rings is 1. The second kappa shape index (κ2) is 5.19. The number of hydrogen-bond donors (Lipinski definition) is 2. The standard InChI is InChI=1S/C15H13N3S2/c1-9-5-4-6-10(14(16)19)13(9)18-15-17-11-7-2-3-8-12(11)20-15/h2-8H,1H3,(H2,16,19)(H,17,18). The van der Waals surface area contributed by atoms with Crippen LogP contribution in [0.2, 0.25) is 0 Å². The van der Waals surface area contributed by atoms with E-state index >= 15 is 0 Å². The normalized spacial score (nSPS) is 10.7. The first-order chi connectivity index (χ1) is 9.65. The lowest BCUT2D eigenvalue weighted by Crippen LogP contribution is -2.12. The van der Waals surface area contributed by atoms with Crippen molar-refractivity contribution in [3.63, 3.8) is 0 Å². The summed E-state index contributed by atoms with van der Waals surface area (Å²) in [7, 11) is 0. The van der Waals surface area contributed by atoms with E-state index in [1.54, 1.807) is 11.3 Å². The topological polar surface area (TPSA) is 50.9 Å². The summed E-state index contributed by atoms with van der Waals surface area (Å²) < 4.78 is 1.15. The monoisotopic (exact) mass is 299 g/mol. The molecule has 1 aromatic heterocycles. The molecule has 3 N–H and O–H groups in total. The third kappa shape index (κ3) is 2.37. The van der Waals surface area contributed by atoms with Crippen molar-refractivity contribution in [1.29, 1.82) is 0 Å². The minimum absolute atomic E-state index is 0.386. The molecule has 0 saturated heterocycles. The number of hydrogen-bond acceptors (Lipinski definition) is 4. The average molecular weight is 299 g/mol. The Morgan fingerprint density at radius 2 is 2.00 bits per heavy atom. The first kappa shape index (κ1) is 13.0. The number of nitrogens with zero attached hydrogens (tertiary/aromatic N) is 1. The second-order valence-corrected chi connectivity index (χ2v) is 5.94. The van der Waals surface area contributed by atoms with Gasteiger partial charge in [0.1, 0.15) is 4.99 Å². The van der Waals surface area contributed by atoms with Crippen LogP contribution in [-0.4, -0.2) is 9.97 Å². The molecule has 0 unspecified atom stereocenters. The zero-order valence-electron chi connectivity index (χ0n) is 10.9. The third-order valence-corrected chi connectivity index (χ3v) is 4.24. The van der Waals surface area contributed by atoms with Gasteiger partial charge in [0.15, 0.2) is 5.13 Å². The molecule has 2 aromatic carbocycles. The summed E-state index contributed by atoms with van der Waals surface area (Å²) in [6.45, 7) is 2.03. The maximum atomic E-state index is 5.79. The minimum Gasteiger partial charge on any atom is -0.389 e. The number of aryl methyl sites for hydroxylation is 1. The van der Waals surface area contributed by atoms with Crippen molar-refractivity contribution in [2.75, 3.05) is 5.32 Å². The molecule has 3 rings (SSSR count). The number of nitrogens with one attached hydrogen (secondary N) is 1. The van der Waals surface area contributed by atoms with Gasteiger partial charge in [0.2, 0.25) is 0 Å². The molecule has 3 aromatic rings. The molecule has 100 valence electrons. The summed E-state index contributed by atoms with van der Waals surface area (Å²) in [6.07, 6.45) is 0. The molecule has 20 heavy (non-hydrogen) atoms. The quantitative estimate of drug-likeness (QED) is 0.718. The van der Waals surface area contributed by atoms with Gasteiger partial charge in [0.25, 0.3) is 0 Å². The van der Waals surface area contributed by atoms with E-state index in [2.05, 4.69) is 16.4 Å². The fourth-order valence-corrected chi connectivity index (χ4v) is 3.11. The highest BCUT2D eigenvalue weighted by Crippen LogP contribution is 2.30. The lowest BCUT2D eigenvalue weighted by Gasteiger charge is -2.11. The lowest BCUT2D eigenvalue weighted by atomic mass is 10.1. The lowest BCUT2D eigenvalue weighted by molar-refractivity contribution is 1.38. The Bertz CT molecular complexity index is 760. The molecule has 0 atom stereocenters. The van der Waals surface area contributed by atoms with Gasteiger partial charge in [-0.15, -0.1) is 0 Å². The molecule has 1 heterocycles. The summed E-state index contributed by atoms with van der Waals surface area (Å²) in [4.78, 5) is 4.96. The average Bonchev–Trinajstić information content (AvgIpc) is 2.83. The van der Waals surface area contributed by atoms with Crippen LogP contribution >= 0.6 is 23.6 Å². The Balaban J connectivity index is 2.04. The van der Waals surface area contributed by atoms with E-state index in [0.717, 1.165) is 32.2 Å². The maximum Gasteiger partial charge on any atom is 0.188 e. The van der Waals surface area contributed by atoms with Crippen LogP contribution in [0.1, 0.15) is 11.1 Å². The Morgan fingerprint density at radius 3 is 2.75 bits per heavy atom. The SMILES string of the molecule is Cc1cccc(C(N)=S)c1Nc1nc2ccccc2s1. The summed E-state index contributed by atoms with van der Waals surface area (Å²) in [5, 5.41) is 4.20. The highest BCUT2D eigenvalue weighted by Gasteiger charge is 2.10. The summed E-state index contributed by atoms with van der Waals surface area (Å²) in [6, 6.07) is 14.0. The molecule has 0 amide bonds. The number of thiocarbonyl (C=S) groups is 1. The zero-order chi connectivity index (χ0) is 14.1. The van der Waals surface area contributed by atoms with Gasteiger partial charge in [-0.05, 0) is 30.7 Å². The molecule has 0 fully saturated rings. The van der Waals surface area contributed by atoms with E-state index in [9.17, 15) is 0 Å². The van der Waals surface area contributed by atoms with Crippen LogP contribution in [0.25, 0.3) is 10.2 Å². The molecule has 0 bridgehead atoms. The van der Waals surface area contributed by atoms with Crippen LogP contribution in [0.4, 0.5) is 10.8 Å². The highest BCUT2D eigenvalue weighted by molar-refractivity contribution is 7.80. The van der Waals surface area contributed by atoms with Gasteiger partial charge in [-0.25, -0.2) is 4.98 Å². The number of nitrogens with two attached hydrogens (primary N) is 1. The summed E-state index contributed by atoms with van der Waals surface area (Å²) >= 11 is 6.73. The molecular formula is C15H13N3S2. The second-order valence-electron chi connectivity index (χ2n) is 4.47. The van der Waals surface area contributed by atoms with Crippen LogP contribution in [0, 0.1) is 6.92 Å². The van der Waals surface area contributed by atoms with E-state index in [4.69, 9.17) is 18.0 Å². The van der Waals surface area contributed by atoms with Gasteiger partial charge >= 0.3 is 0 Å². The van der Waals surface area contributed by atoms with Crippen molar-refractivity contribution < 1.29 is 0 Å². The highest BCUT2D eigenvalue weighted by atomic mass is 32.1. The Morgan fingerprint density at radius 1 is 1.20 bits per heavy atom. The van der Waals surface area contributed by atoms with Crippen molar-refractivity contribution in [1.82, 2.24) is 4.98 Å². The van der Waals surface area contributed by atoms with Crippen molar-refractivity contribution in [3.8, 4) is 0 Å². The van der Waals surface area contributed by atoms with Crippen molar-refractivity contribution in [3.05, 3.63) is 53.6 Å². The smallest absolute Gasteiger partial charge is 0.188 e. The number of anilines is 2. The number of para-hydroxylation sites is 2. The van der Waals surface area contributed by atoms with Gasteiger partial charge in [-0.1, -0.05) is 47.8 Å². The maximum absolute atomic E-state index is 5.79. The van der Waals surface area contributed by atoms with Crippen LogP contribution in [0.5, 0.6) is 0 Å². The van der Waals surface area contributed by atoms with E-state index in [1.165, 1.54) is 0 Å². The van der Waals surface area contributed by atoms with Crippen LogP contribution in [-0.2, 0) is 0 Å². The molecule has 0 saturated carbocycles. The predicted octanol–water partition coefficient (Wildman–Crippen LogP) is 3.98. The van der Waals surface area contributed by atoms with Gasteiger partial charge in [0.05, 0.1) is 15.9 Å². The molecule has 0 aliphatic carbocycles. The van der Waals surface area contributed by atoms with Gasteiger partial charge in [0, 0.05) is 5.56 Å². The third-order valence-electron chi connectivity index (χ3n) is 3.06. The molecule has 3 nitrogen and oxygen atoms in total. The fraction of sp³-hybridized carbons (Fsp3) is 0.0667. The Kier molecular flexibility index (Phi) is 3.38. The molecule has 5 heteroatoms. The van der Waals surface area contributed by atoms with Gasteiger partial charge in [-0.2, -0.15) is 0 Å². The Labute approximate surface area is 126 Å². The first-order valence-electron chi connectivity index (χ1n) is 6.17. The summed E-state index contributed by atoms with van der Waals surface area (Å²) in [5.74, 6) is 0. The molecule has 0 spiro atoms. The summed E-state index contributed by atoms with van der Waals surface area (Å²) in [5.41, 5.74) is 9.65. The number of fused-ring (bicyclic) bond motifs is 1. The minimum atomic E-state index is 0.386. The van der Waals surface area contributed by atoms with E-state index in [-0.39, 0.29) is 0 Å². The zero-order valence-corrected chi connectivity index (χ0v) is 12.5. The molecule has 0 radical (unpaired) electrons. The van der Waals surface area contributed by atoms with Crippen LogP contribution in [0.15, 0.2) is 42.5 Å². The van der Waals surface area contributed by atoms with E-state index < -0.39 is 0 Å². The van der Waals surface area contributed by atoms with E-state index in [1.807, 2.05) is 43.3 Å². The van der Waals surface area contributed by atoms with E-state index in [0.29, 0.717) is 4.99 Å². The molecule has 0 aliphatic heterocycles. The number of aromatic nitrogens is 1. The molecular weight excluding hydrogens is 286 g/mol. The first-order valence-corrected chi connectivity index (χ1v) is 7.39. The predicted molar refractivity (Wildman–Crippen MR) is 90.0 cm³/mol. The van der Waals surface area contributed by atoms with Crippen molar-refractivity contribution in [2.24, 2.45) is 5.73 Å². The van der Waals surface area contributed by atoms with Gasteiger partial charge < -0.3 is 11.1 Å². The van der Waals surface area contributed by atoms with Crippen LogP contribution < -0.4 is 11.1 Å². The number of benzene rings is 2. The Hall–Kier alpha value is -1.98. The van der Waals surface area contributed by atoms with Crippen molar-refractivity contribution >= 4 is 49.6 Å². The molecule has 0 aliphatic rings. The number of rotatable bonds is 3.